The van der Waals surface area contributed by atoms with E-state index in [2.05, 4.69) is 9.97 Å². The summed E-state index contributed by atoms with van der Waals surface area (Å²) < 4.78 is 33.2. The average molecular weight is 334 g/mol. The van der Waals surface area contributed by atoms with Crippen LogP contribution in [0, 0.1) is 0 Å². The van der Waals surface area contributed by atoms with Crippen molar-refractivity contribution >= 4 is 28.2 Å². The van der Waals surface area contributed by atoms with Gasteiger partial charge < -0.3 is 14.4 Å². The number of β-lactam (4-membered cyclic amide) rings is 1. The van der Waals surface area contributed by atoms with Crippen molar-refractivity contribution in [1.82, 2.24) is 19.2 Å². The van der Waals surface area contributed by atoms with Crippen LogP contribution in [-0.2, 0) is 19.9 Å². The predicted molar refractivity (Wildman–Crippen MR) is 68.1 cm³/mol. The second-order valence-corrected chi connectivity index (χ2v) is 6.01. The number of aromatic nitrogens is 2. The summed E-state index contributed by atoms with van der Waals surface area (Å²) in [6.45, 7) is 0.235. The molecule has 2 aliphatic rings. The zero-order valence-electron chi connectivity index (χ0n) is 11.7. The first kappa shape index (κ1) is 17.2. The van der Waals surface area contributed by atoms with Gasteiger partial charge in [-0.3, -0.25) is 9.59 Å². The van der Waals surface area contributed by atoms with Crippen LogP contribution in [0.5, 0.6) is 0 Å². The van der Waals surface area contributed by atoms with Crippen molar-refractivity contribution in [3.63, 3.8) is 0 Å². The van der Waals surface area contributed by atoms with Gasteiger partial charge in [0, 0.05) is 12.6 Å². The minimum absolute atomic E-state index is 0. The topological polar surface area (TPSA) is 126 Å². The zero-order chi connectivity index (χ0) is 15.2. The minimum Gasteiger partial charge on any atom is -0.731 e. The maximum Gasteiger partial charge on any atom is 1.00 e. The summed E-state index contributed by atoms with van der Waals surface area (Å²) in [6.07, 6.45) is 6.05. The number of nitrogens with one attached hydrogen (secondary N) is 1. The average Bonchev–Trinajstić information content (AvgIpc) is 3.00. The molecule has 2 atom stereocenters. The van der Waals surface area contributed by atoms with E-state index in [-0.39, 0.29) is 42.5 Å². The van der Waals surface area contributed by atoms with Crippen LogP contribution in [-0.4, -0.2) is 62.6 Å². The molecule has 2 fully saturated rings. The van der Waals surface area contributed by atoms with Crippen molar-refractivity contribution in [3.8, 4) is 0 Å². The zero-order valence-corrected chi connectivity index (χ0v) is 14.5. The van der Waals surface area contributed by atoms with Gasteiger partial charge in [-0.2, -0.15) is 0 Å². The smallest absolute Gasteiger partial charge is 0.731 e. The molecule has 0 aromatic carbocycles. The van der Waals surface area contributed by atoms with Gasteiger partial charge in [-0.05, 0) is 12.5 Å². The molecule has 0 aliphatic carbocycles. The summed E-state index contributed by atoms with van der Waals surface area (Å²) >= 11 is 0. The van der Waals surface area contributed by atoms with Gasteiger partial charge in [-0.25, -0.2) is 17.7 Å². The van der Waals surface area contributed by atoms with Crippen LogP contribution in [0.2, 0.25) is 0 Å². The van der Waals surface area contributed by atoms with Crippen LogP contribution in [0.25, 0.3) is 6.08 Å². The van der Waals surface area contributed by atoms with Crippen molar-refractivity contribution in [2.75, 3.05) is 6.54 Å². The normalized spacial score (nSPS) is 24.1. The number of H-pyrrole nitrogens is 1. The molecule has 0 unspecified atom stereocenters. The van der Waals surface area contributed by atoms with Crippen LogP contribution >= 0.6 is 0 Å². The van der Waals surface area contributed by atoms with Crippen molar-refractivity contribution in [2.24, 2.45) is 0 Å². The van der Waals surface area contributed by atoms with E-state index < -0.39 is 34.2 Å². The van der Waals surface area contributed by atoms with E-state index in [1.165, 1.54) is 29.6 Å². The molecule has 1 aromatic heterocycles. The maximum atomic E-state index is 12.0. The molecule has 3 rings (SSSR count). The van der Waals surface area contributed by atoms with Crippen molar-refractivity contribution < 1.29 is 52.1 Å². The summed E-state index contributed by atoms with van der Waals surface area (Å²) in [5.74, 6) is -1.25. The fourth-order valence-corrected chi connectivity index (χ4v) is 3.55. The predicted octanol–water partition coefficient (Wildman–Crippen LogP) is -4.30. The van der Waals surface area contributed by atoms with Crippen molar-refractivity contribution in [2.45, 2.75) is 18.5 Å². The number of hydrogen-bond acceptors (Lipinski definition) is 6. The Morgan fingerprint density at radius 3 is 2.82 bits per heavy atom. The number of nitrogens with zero attached hydrogens (tertiary/aromatic N) is 3. The molecule has 0 saturated carbocycles. The molecule has 0 bridgehead atoms. The number of carbonyl (C=O) groups excluding carboxylic acids is 2. The van der Waals surface area contributed by atoms with Gasteiger partial charge in [0.15, 0.2) is 10.3 Å². The van der Waals surface area contributed by atoms with E-state index >= 15 is 0 Å². The summed E-state index contributed by atoms with van der Waals surface area (Å²) in [5, 5.41) is 0. The first-order valence-corrected chi connectivity index (χ1v) is 7.52. The first-order chi connectivity index (χ1) is 9.89. The van der Waals surface area contributed by atoms with E-state index in [9.17, 15) is 22.6 Å². The van der Waals surface area contributed by atoms with Crippen LogP contribution in [0.15, 0.2) is 18.6 Å². The summed E-state index contributed by atoms with van der Waals surface area (Å²) in [7, 11) is -4.80. The molecule has 0 radical (unpaired) electrons. The number of carbonyl (C=O) groups is 2. The molecule has 0 spiro atoms. The Kier molecular flexibility index (Phi) is 4.78. The Bertz CT molecular complexity index is 717. The number of fused-ring (bicyclic) bond motifs is 1. The SMILES string of the molecule is O=C(/C=C/c1cnc[nH]1)N1CC[C@@H]2[C@H]1C(=O)N2S(=O)(=O)[O-].[Na+]. The quantitative estimate of drug-likeness (QED) is 0.258. The summed E-state index contributed by atoms with van der Waals surface area (Å²) in [5.41, 5.74) is 0.628. The van der Waals surface area contributed by atoms with Gasteiger partial charge in [0.25, 0.3) is 5.91 Å². The van der Waals surface area contributed by atoms with Crippen LogP contribution in [0.1, 0.15) is 12.1 Å². The van der Waals surface area contributed by atoms with Gasteiger partial charge in [0.05, 0.1) is 24.3 Å². The Morgan fingerprint density at radius 1 is 1.50 bits per heavy atom. The van der Waals surface area contributed by atoms with Gasteiger partial charge in [0.1, 0.15) is 6.04 Å². The van der Waals surface area contributed by atoms with Crippen LogP contribution in [0.4, 0.5) is 0 Å². The molecule has 22 heavy (non-hydrogen) atoms. The molecule has 1 aromatic rings. The second-order valence-electron chi connectivity index (χ2n) is 4.76. The molecular weight excluding hydrogens is 323 g/mol. The third-order valence-corrected chi connectivity index (χ3v) is 4.52. The molecule has 3 heterocycles. The standard InChI is InChI=1S/C11H12N4O5S.Na/c16-9(2-1-7-5-12-6-13-7)14-4-3-8-10(14)11(17)15(8)21(18,19)20;/h1-2,5-6,8,10H,3-4H2,(H,12,13)(H,18,19,20);/q;+1/p-1/b2-1+;/t8-,10+;/m1./s1. The third kappa shape index (κ3) is 2.84. The molecular formula is C11H11N4NaO5S. The third-order valence-electron chi connectivity index (χ3n) is 3.59. The van der Waals surface area contributed by atoms with Gasteiger partial charge in [-0.1, -0.05) is 0 Å². The van der Waals surface area contributed by atoms with E-state index in [0.717, 1.165) is 0 Å². The molecule has 2 saturated heterocycles. The largest absolute Gasteiger partial charge is 1.00 e. The van der Waals surface area contributed by atoms with E-state index in [4.69, 9.17) is 0 Å². The van der Waals surface area contributed by atoms with Gasteiger partial charge >= 0.3 is 29.6 Å². The Hall–Kier alpha value is -1.20. The molecule has 112 valence electrons. The molecule has 2 amide bonds. The van der Waals surface area contributed by atoms with Crippen molar-refractivity contribution in [1.29, 1.82) is 0 Å². The summed E-state index contributed by atoms with van der Waals surface area (Å²) in [4.78, 5) is 31.6. The molecule has 11 heteroatoms. The number of imidazole rings is 1. The molecule has 9 nitrogen and oxygen atoms in total. The van der Waals surface area contributed by atoms with Gasteiger partial charge in [0.2, 0.25) is 5.91 Å². The van der Waals surface area contributed by atoms with Gasteiger partial charge in [-0.15, -0.1) is 0 Å². The van der Waals surface area contributed by atoms with Crippen molar-refractivity contribution in [3.05, 3.63) is 24.3 Å². The Balaban J connectivity index is 0.00000176. The number of amides is 2. The molecule has 1 N–H and O–H groups in total. The fraction of sp³-hybridized carbons (Fsp3) is 0.364. The number of hydrogen-bond donors (Lipinski definition) is 1. The number of rotatable bonds is 3. The van der Waals surface area contributed by atoms with E-state index in [0.29, 0.717) is 10.00 Å². The van der Waals surface area contributed by atoms with E-state index in [1.54, 1.807) is 0 Å². The number of aromatic amines is 1. The molecule has 2 aliphatic heterocycles. The monoisotopic (exact) mass is 334 g/mol. The fourth-order valence-electron chi connectivity index (χ4n) is 2.67. The Labute approximate surface area is 148 Å². The second kappa shape index (κ2) is 6.13. The van der Waals surface area contributed by atoms with Crippen LogP contribution < -0.4 is 29.6 Å². The Morgan fingerprint density at radius 2 is 2.23 bits per heavy atom. The van der Waals surface area contributed by atoms with Crippen LogP contribution in [0.3, 0.4) is 0 Å². The van der Waals surface area contributed by atoms with E-state index in [1.807, 2.05) is 0 Å². The maximum absolute atomic E-state index is 12.0. The number of likely N-dealkylation sites (tertiary alicyclic amines) is 1. The summed E-state index contributed by atoms with van der Waals surface area (Å²) in [6, 6.07) is -1.59. The minimum atomic E-state index is -4.80. The first-order valence-electron chi connectivity index (χ1n) is 6.16.